The molecule has 0 radical (unpaired) electrons. The maximum atomic E-state index is 12.7. The summed E-state index contributed by atoms with van der Waals surface area (Å²) in [5.74, 6) is 0.570. The van der Waals surface area contributed by atoms with Gasteiger partial charge in [-0.2, -0.15) is 13.2 Å². The molecule has 23 heavy (non-hydrogen) atoms. The van der Waals surface area contributed by atoms with Crippen LogP contribution in [-0.4, -0.2) is 11.7 Å². The van der Waals surface area contributed by atoms with Crippen molar-refractivity contribution in [2.45, 2.75) is 12.6 Å². The van der Waals surface area contributed by atoms with Gasteiger partial charge in [-0.15, -0.1) is 0 Å². The fraction of sp³-hybridized carbons (Fsp3) is 0.235. The molecule has 2 rings (SSSR count). The zero-order chi connectivity index (χ0) is 17.2. The second kappa shape index (κ2) is 6.58. The number of rotatable bonds is 4. The molecule has 1 heterocycles. The van der Waals surface area contributed by atoms with Crippen molar-refractivity contribution < 1.29 is 17.9 Å². The number of aryl methyl sites for hydroxylation is 1. The number of methoxy groups -OCH3 is 1. The average molecular weight is 339 g/mol. The van der Waals surface area contributed by atoms with Gasteiger partial charge in [-0.1, -0.05) is 30.9 Å². The van der Waals surface area contributed by atoms with E-state index >= 15 is 0 Å². The lowest BCUT2D eigenvalue weighted by Crippen LogP contribution is -2.04. The van der Waals surface area contributed by atoms with E-state index < -0.39 is 11.7 Å². The van der Waals surface area contributed by atoms with Gasteiger partial charge in [-0.3, -0.25) is 0 Å². The van der Waals surface area contributed by atoms with Gasteiger partial charge in [-0.25, -0.2) is 0 Å². The van der Waals surface area contributed by atoms with Crippen molar-refractivity contribution in [3.8, 4) is 11.1 Å². The quantitative estimate of drug-likeness (QED) is 0.565. The highest BCUT2D eigenvalue weighted by molar-refractivity contribution is 7.71. The second-order valence-corrected chi connectivity index (χ2v) is 5.59. The van der Waals surface area contributed by atoms with Crippen LogP contribution in [0.1, 0.15) is 11.1 Å². The number of aromatic nitrogens is 1. The summed E-state index contributed by atoms with van der Waals surface area (Å²) in [4.78, 5) is 0. The molecule has 0 aliphatic heterocycles. The van der Waals surface area contributed by atoms with E-state index in [4.69, 9.17) is 17.0 Å². The number of ether oxygens (including phenoxy) is 1. The molecule has 2 nitrogen and oxygen atoms in total. The van der Waals surface area contributed by atoms with Crippen LogP contribution in [0.2, 0.25) is 0 Å². The molecule has 0 atom stereocenters. The molecule has 2 aromatic rings. The fourth-order valence-corrected chi connectivity index (χ4v) is 2.53. The first-order valence-corrected chi connectivity index (χ1v) is 7.21. The molecular weight excluding hydrogens is 323 g/mol. The van der Waals surface area contributed by atoms with Crippen LogP contribution in [0.3, 0.4) is 0 Å². The predicted octanol–water partition coefficient (Wildman–Crippen LogP) is 5.14. The molecule has 0 fully saturated rings. The van der Waals surface area contributed by atoms with Crippen LogP contribution in [0.4, 0.5) is 13.2 Å². The van der Waals surface area contributed by atoms with Gasteiger partial charge in [0.05, 0.1) is 22.9 Å². The molecular formula is C17H16F3NOS. The minimum absolute atomic E-state index is 0.456. The molecule has 1 aromatic heterocycles. The van der Waals surface area contributed by atoms with Crippen LogP contribution < -0.4 is 0 Å². The highest BCUT2D eigenvalue weighted by Crippen LogP contribution is 2.31. The largest absolute Gasteiger partial charge is 0.501 e. The van der Waals surface area contributed by atoms with E-state index in [1.807, 2.05) is 17.8 Å². The molecule has 0 aliphatic rings. The van der Waals surface area contributed by atoms with Crippen molar-refractivity contribution in [3.05, 3.63) is 64.6 Å². The van der Waals surface area contributed by atoms with E-state index in [0.717, 1.165) is 17.7 Å². The van der Waals surface area contributed by atoms with Gasteiger partial charge in [0.2, 0.25) is 0 Å². The van der Waals surface area contributed by atoms with Crippen molar-refractivity contribution in [2.24, 2.45) is 7.05 Å². The van der Waals surface area contributed by atoms with E-state index in [0.29, 0.717) is 27.8 Å². The van der Waals surface area contributed by atoms with Crippen LogP contribution in [0, 0.1) is 4.51 Å². The Hall–Kier alpha value is -2.08. The average Bonchev–Trinajstić information content (AvgIpc) is 2.49. The number of allylic oxidation sites excluding steroid dienone is 1. The number of hydrogen-bond acceptors (Lipinski definition) is 2. The highest BCUT2D eigenvalue weighted by Gasteiger charge is 2.30. The summed E-state index contributed by atoms with van der Waals surface area (Å²) < 4.78 is 45.5. The Balaban J connectivity index is 2.47. The topological polar surface area (TPSA) is 14.2 Å². The Bertz CT molecular complexity index is 776. The number of benzene rings is 1. The van der Waals surface area contributed by atoms with Gasteiger partial charge in [-0.05, 0) is 23.3 Å². The summed E-state index contributed by atoms with van der Waals surface area (Å²) in [5, 5.41) is 0. The van der Waals surface area contributed by atoms with Gasteiger partial charge < -0.3 is 9.30 Å². The van der Waals surface area contributed by atoms with E-state index in [-0.39, 0.29) is 0 Å². The molecule has 6 heteroatoms. The molecule has 0 saturated carbocycles. The summed E-state index contributed by atoms with van der Waals surface area (Å²) in [6.45, 7) is 3.78. The smallest absolute Gasteiger partial charge is 0.416 e. The number of pyridine rings is 1. The number of halogens is 3. The van der Waals surface area contributed by atoms with Gasteiger partial charge in [0.1, 0.15) is 0 Å². The Labute approximate surface area is 137 Å². The Kier molecular flexibility index (Phi) is 4.94. The van der Waals surface area contributed by atoms with Gasteiger partial charge in [0.25, 0.3) is 0 Å². The lowest BCUT2D eigenvalue weighted by atomic mass is 10.0. The first-order chi connectivity index (χ1) is 10.7. The normalized spacial score (nSPS) is 11.3. The first kappa shape index (κ1) is 17.3. The van der Waals surface area contributed by atoms with Crippen molar-refractivity contribution in [3.63, 3.8) is 0 Å². The van der Waals surface area contributed by atoms with E-state index in [9.17, 15) is 13.2 Å². The third-order valence-corrected chi connectivity index (χ3v) is 3.91. The molecule has 0 unspecified atom stereocenters. The third-order valence-electron chi connectivity index (χ3n) is 3.43. The minimum Gasteiger partial charge on any atom is -0.501 e. The maximum Gasteiger partial charge on any atom is 0.416 e. The van der Waals surface area contributed by atoms with Crippen LogP contribution in [-0.2, 0) is 24.4 Å². The standard InChI is InChI=1S/C17H16F3NOS/c1-11(22-3)8-13-9-21(2)10-15(16(13)23)12-4-6-14(7-5-12)17(18,19)20/h4-7,9-10H,1,8H2,2-3H3. The zero-order valence-electron chi connectivity index (χ0n) is 12.8. The van der Waals surface area contributed by atoms with E-state index in [2.05, 4.69) is 6.58 Å². The zero-order valence-corrected chi connectivity index (χ0v) is 13.6. The van der Waals surface area contributed by atoms with E-state index in [1.54, 1.807) is 6.20 Å². The summed E-state index contributed by atoms with van der Waals surface area (Å²) >= 11 is 5.47. The highest BCUT2D eigenvalue weighted by atomic mass is 32.1. The molecule has 0 amide bonds. The molecule has 122 valence electrons. The molecule has 0 saturated heterocycles. The summed E-state index contributed by atoms with van der Waals surface area (Å²) in [6, 6.07) is 4.99. The minimum atomic E-state index is -4.35. The monoisotopic (exact) mass is 339 g/mol. The number of nitrogens with zero attached hydrogens (tertiary/aromatic N) is 1. The Morgan fingerprint density at radius 2 is 1.83 bits per heavy atom. The lowest BCUT2D eigenvalue weighted by molar-refractivity contribution is -0.137. The van der Waals surface area contributed by atoms with Gasteiger partial charge >= 0.3 is 6.18 Å². The summed E-state index contributed by atoms with van der Waals surface area (Å²) in [6.07, 6.45) is -0.236. The SMILES string of the molecule is C=C(Cc1cn(C)cc(-c2ccc(C(F)(F)F)cc2)c1=S)OC. The third kappa shape index (κ3) is 4.01. The Morgan fingerprint density at radius 1 is 1.22 bits per heavy atom. The van der Waals surface area contributed by atoms with Crippen LogP contribution in [0.25, 0.3) is 11.1 Å². The molecule has 0 bridgehead atoms. The molecule has 0 spiro atoms. The van der Waals surface area contributed by atoms with Crippen molar-refractivity contribution in [2.75, 3.05) is 7.11 Å². The van der Waals surface area contributed by atoms with Crippen LogP contribution in [0.5, 0.6) is 0 Å². The van der Waals surface area contributed by atoms with Gasteiger partial charge in [0, 0.05) is 31.4 Å². The molecule has 0 aliphatic carbocycles. The molecule has 0 N–H and O–H groups in total. The maximum absolute atomic E-state index is 12.7. The fourth-order valence-electron chi connectivity index (χ4n) is 2.23. The van der Waals surface area contributed by atoms with Crippen LogP contribution in [0.15, 0.2) is 49.0 Å². The summed E-state index contributed by atoms with van der Waals surface area (Å²) in [7, 11) is 3.37. The van der Waals surface area contributed by atoms with Crippen molar-refractivity contribution in [1.29, 1.82) is 0 Å². The number of alkyl halides is 3. The first-order valence-electron chi connectivity index (χ1n) is 6.81. The van der Waals surface area contributed by atoms with Crippen molar-refractivity contribution in [1.82, 2.24) is 4.57 Å². The predicted molar refractivity (Wildman–Crippen MR) is 86.5 cm³/mol. The van der Waals surface area contributed by atoms with Crippen molar-refractivity contribution >= 4 is 12.2 Å². The second-order valence-electron chi connectivity index (χ2n) is 5.19. The Morgan fingerprint density at radius 3 is 2.35 bits per heavy atom. The van der Waals surface area contributed by atoms with Gasteiger partial charge in [0.15, 0.2) is 0 Å². The number of hydrogen-bond donors (Lipinski definition) is 0. The lowest BCUT2D eigenvalue weighted by Gasteiger charge is -2.12. The van der Waals surface area contributed by atoms with E-state index in [1.165, 1.54) is 19.2 Å². The molecule has 1 aromatic carbocycles. The van der Waals surface area contributed by atoms with Crippen LogP contribution >= 0.6 is 12.2 Å². The summed E-state index contributed by atoms with van der Waals surface area (Å²) in [5.41, 5.74) is 1.51.